The zero-order valence-corrected chi connectivity index (χ0v) is 9.65. The first-order valence-electron chi connectivity index (χ1n) is 4.59. The van der Waals surface area contributed by atoms with Gasteiger partial charge >= 0.3 is 0 Å². The maximum Gasteiger partial charge on any atom is 0.286 e. The van der Waals surface area contributed by atoms with Crippen LogP contribution in [0.4, 0.5) is 9.59 Å². The summed E-state index contributed by atoms with van der Waals surface area (Å²) in [5.41, 5.74) is 0. The smallest absolute Gasteiger partial charge is 0.286 e. The standard InChI is InChI=1S/C8H8N2O4S2/c11-5-3(15-7(13)9-5)1-2-4-6(12)10-8(14)16-4/h3-4H,1-2H2,(H,9,11,13)(H,10,12,14). The largest absolute Gasteiger partial charge is 0.286 e. The van der Waals surface area contributed by atoms with Crippen molar-refractivity contribution in [3.63, 3.8) is 0 Å². The highest BCUT2D eigenvalue weighted by Gasteiger charge is 2.35. The Morgan fingerprint density at radius 2 is 1.19 bits per heavy atom. The second-order valence-electron chi connectivity index (χ2n) is 3.34. The topological polar surface area (TPSA) is 92.3 Å². The number of carbonyl (C=O) groups is 4. The monoisotopic (exact) mass is 260 g/mol. The molecule has 2 heterocycles. The summed E-state index contributed by atoms with van der Waals surface area (Å²) in [4.78, 5) is 44.2. The summed E-state index contributed by atoms with van der Waals surface area (Å²) in [7, 11) is 0. The van der Waals surface area contributed by atoms with Crippen molar-refractivity contribution >= 4 is 45.8 Å². The van der Waals surface area contributed by atoms with E-state index in [1.807, 2.05) is 0 Å². The molecular weight excluding hydrogens is 252 g/mol. The SMILES string of the molecule is O=C1NC(=O)C(CCC2SC(=O)NC2=O)S1. The second-order valence-corrected chi connectivity index (χ2v) is 5.69. The lowest BCUT2D eigenvalue weighted by Gasteiger charge is -2.07. The predicted octanol–water partition coefficient (Wildman–Crippen LogP) is 0.470. The minimum absolute atomic E-state index is 0.315. The van der Waals surface area contributed by atoms with Crippen molar-refractivity contribution in [3.8, 4) is 0 Å². The minimum Gasteiger partial charge on any atom is -0.286 e. The van der Waals surface area contributed by atoms with E-state index in [0.717, 1.165) is 23.5 Å². The molecule has 0 aromatic rings. The maximum atomic E-state index is 11.2. The first-order chi connectivity index (χ1) is 7.56. The Kier molecular flexibility index (Phi) is 3.20. The lowest BCUT2D eigenvalue weighted by atomic mass is 10.1. The summed E-state index contributed by atoms with van der Waals surface area (Å²) < 4.78 is 0. The van der Waals surface area contributed by atoms with Gasteiger partial charge in [-0.3, -0.25) is 29.8 Å². The quantitative estimate of drug-likeness (QED) is 0.766. The van der Waals surface area contributed by atoms with Crippen molar-refractivity contribution in [3.05, 3.63) is 0 Å². The van der Waals surface area contributed by atoms with Crippen LogP contribution < -0.4 is 10.6 Å². The van der Waals surface area contributed by atoms with E-state index in [1.54, 1.807) is 0 Å². The van der Waals surface area contributed by atoms with E-state index >= 15 is 0 Å². The molecule has 8 heteroatoms. The van der Waals surface area contributed by atoms with Crippen LogP contribution in [0.2, 0.25) is 0 Å². The number of hydrogen-bond donors (Lipinski definition) is 2. The van der Waals surface area contributed by atoms with Gasteiger partial charge in [0, 0.05) is 0 Å². The molecule has 2 aliphatic rings. The van der Waals surface area contributed by atoms with Crippen LogP contribution in [0.5, 0.6) is 0 Å². The first-order valence-corrected chi connectivity index (χ1v) is 6.35. The summed E-state index contributed by atoms with van der Waals surface area (Å²) in [5, 5.41) is 2.77. The van der Waals surface area contributed by atoms with Crippen molar-refractivity contribution < 1.29 is 19.2 Å². The van der Waals surface area contributed by atoms with E-state index in [9.17, 15) is 19.2 Å². The minimum atomic E-state index is -0.434. The zero-order chi connectivity index (χ0) is 11.7. The molecule has 0 radical (unpaired) electrons. The van der Waals surface area contributed by atoms with Gasteiger partial charge in [-0.15, -0.1) is 0 Å². The molecular formula is C8H8N2O4S2. The third-order valence-corrected chi connectivity index (χ3v) is 4.33. The van der Waals surface area contributed by atoms with Crippen LogP contribution in [0.15, 0.2) is 0 Å². The van der Waals surface area contributed by atoms with E-state index in [4.69, 9.17) is 0 Å². The molecule has 6 nitrogen and oxygen atoms in total. The molecule has 2 atom stereocenters. The molecule has 0 aliphatic carbocycles. The van der Waals surface area contributed by atoms with Gasteiger partial charge < -0.3 is 0 Å². The van der Waals surface area contributed by atoms with Gasteiger partial charge in [-0.2, -0.15) is 0 Å². The van der Waals surface area contributed by atoms with E-state index < -0.39 is 10.5 Å². The summed E-state index contributed by atoms with van der Waals surface area (Å²) in [6.45, 7) is 0. The molecule has 2 saturated heterocycles. The third-order valence-electron chi connectivity index (χ3n) is 2.23. The lowest BCUT2D eigenvalue weighted by molar-refractivity contribution is -0.120. The molecule has 0 spiro atoms. The number of amides is 4. The molecule has 0 saturated carbocycles. The van der Waals surface area contributed by atoms with Crippen molar-refractivity contribution in [1.29, 1.82) is 0 Å². The highest BCUT2D eigenvalue weighted by molar-refractivity contribution is 8.15. The van der Waals surface area contributed by atoms with Gasteiger partial charge in [0.1, 0.15) is 0 Å². The molecule has 4 amide bonds. The van der Waals surface area contributed by atoms with Crippen molar-refractivity contribution in [2.75, 3.05) is 0 Å². The molecule has 2 unspecified atom stereocenters. The molecule has 16 heavy (non-hydrogen) atoms. The molecule has 0 bridgehead atoms. The van der Waals surface area contributed by atoms with Gasteiger partial charge in [-0.25, -0.2) is 0 Å². The van der Waals surface area contributed by atoms with Crippen molar-refractivity contribution in [2.24, 2.45) is 0 Å². The molecule has 86 valence electrons. The van der Waals surface area contributed by atoms with E-state index in [2.05, 4.69) is 10.6 Å². The summed E-state index contributed by atoms with van der Waals surface area (Å²) in [5.74, 6) is -0.630. The van der Waals surface area contributed by atoms with E-state index in [0.29, 0.717) is 12.8 Å². The number of carbonyl (C=O) groups excluding carboxylic acids is 4. The highest BCUT2D eigenvalue weighted by atomic mass is 32.2. The molecule has 2 rings (SSSR count). The van der Waals surface area contributed by atoms with Crippen molar-refractivity contribution in [1.82, 2.24) is 10.6 Å². The fourth-order valence-corrected chi connectivity index (χ4v) is 3.14. The molecule has 2 fully saturated rings. The Balaban J connectivity index is 1.84. The second kappa shape index (κ2) is 4.46. The van der Waals surface area contributed by atoms with Crippen LogP contribution in [-0.2, 0) is 9.59 Å². The molecule has 2 aliphatic heterocycles. The maximum absolute atomic E-state index is 11.2. The Morgan fingerprint density at radius 1 is 0.812 bits per heavy atom. The average molecular weight is 260 g/mol. The van der Waals surface area contributed by atoms with Gasteiger partial charge in [0.15, 0.2) is 0 Å². The van der Waals surface area contributed by atoms with Crippen LogP contribution >= 0.6 is 23.5 Å². The Morgan fingerprint density at radius 3 is 1.44 bits per heavy atom. The zero-order valence-electron chi connectivity index (χ0n) is 8.02. The van der Waals surface area contributed by atoms with Gasteiger partial charge in [0.05, 0.1) is 10.5 Å². The van der Waals surface area contributed by atoms with Crippen LogP contribution in [-0.4, -0.2) is 32.8 Å². The van der Waals surface area contributed by atoms with Crippen LogP contribution in [0.25, 0.3) is 0 Å². The Labute approximate surface area is 99.3 Å². The van der Waals surface area contributed by atoms with Gasteiger partial charge in [-0.05, 0) is 12.8 Å². The van der Waals surface area contributed by atoms with Crippen LogP contribution in [0, 0.1) is 0 Å². The van der Waals surface area contributed by atoms with E-state index in [1.165, 1.54) is 0 Å². The van der Waals surface area contributed by atoms with Crippen molar-refractivity contribution in [2.45, 2.75) is 23.3 Å². The average Bonchev–Trinajstić information content (AvgIpc) is 2.66. The van der Waals surface area contributed by atoms with Crippen LogP contribution in [0.3, 0.4) is 0 Å². The van der Waals surface area contributed by atoms with Crippen LogP contribution in [0.1, 0.15) is 12.8 Å². The normalized spacial score (nSPS) is 29.5. The summed E-state index contributed by atoms with van der Waals surface area (Å²) in [6.07, 6.45) is 0.835. The highest BCUT2D eigenvalue weighted by Crippen LogP contribution is 2.28. The lowest BCUT2D eigenvalue weighted by Crippen LogP contribution is -2.27. The predicted molar refractivity (Wildman–Crippen MR) is 59.1 cm³/mol. The first kappa shape index (κ1) is 11.5. The Hall–Kier alpha value is -1.02. The number of imide groups is 2. The summed E-state index contributed by atoms with van der Waals surface area (Å²) in [6, 6.07) is 0. The number of nitrogens with one attached hydrogen (secondary N) is 2. The molecule has 2 N–H and O–H groups in total. The Bertz CT molecular complexity index is 348. The van der Waals surface area contributed by atoms with Gasteiger partial charge in [-0.1, -0.05) is 23.5 Å². The number of rotatable bonds is 3. The van der Waals surface area contributed by atoms with E-state index in [-0.39, 0.29) is 22.3 Å². The number of thioether (sulfide) groups is 2. The number of hydrogen-bond acceptors (Lipinski definition) is 6. The summed E-state index contributed by atoms with van der Waals surface area (Å²) >= 11 is 1.87. The third kappa shape index (κ3) is 2.38. The van der Waals surface area contributed by atoms with Gasteiger partial charge in [0.25, 0.3) is 10.5 Å². The van der Waals surface area contributed by atoms with Gasteiger partial charge in [0.2, 0.25) is 11.8 Å². The fraction of sp³-hybridized carbons (Fsp3) is 0.500. The molecule has 0 aromatic carbocycles. The molecule has 0 aromatic heterocycles. The fourth-order valence-electron chi connectivity index (χ4n) is 1.47.